The van der Waals surface area contributed by atoms with Crippen LogP contribution in [0.3, 0.4) is 0 Å². The van der Waals surface area contributed by atoms with Gasteiger partial charge in [0.2, 0.25) is 5.82 Å². The average molecular weight is 160 g/mol. The maximum Gasteiger partial charge on any atom is 0.223 e. The maximum atomic E-state index is 4.06. The Kier molecular flexibility index (Phi) is 1.55. The molecule has 1 radical (unpaired) electrons. The van der Waals surface area contributed by atoms with Gasteiger partial charge in [-0.25, -0.2) is 0 Å². The van der Waals surface area contributed by atoms with Gasteiger partial charge in [0.05, 0.1) is 7.05 Å². The normalized spacial score (nSPS) is 10.1. The molecular formula is C7H6N5. The second-order valence-electron chi connectivity index (χ2n) is 2.20. The van der Waals surface area contributed by atoms with Crippen molar-refractivity contribution >= 4 is 0 Å². The fourth-order valence-corrected chi connectivity index (χ4v) is 0.841. The van der Waals surface area contributed by atoms with Crippen LogP contribution in [-0.2, 0) is 0 Å². The minimum Gasteiger partial charge on any atom is -0.253 e. The molecule has 5 nitrogen and oxygen atoms in total. The molecule has 0 aromatic carbocycles. The van der Waals surface area contributed by atoms with Gasteiger partial charge >= 0.3 is 0 Å². The minimum absolute atomic E-state index is 0.491. The van der Waals surface area contributed by atoms with Crippen LogP contribution in [0.1, 0.15) is 0 Å². The fraction of sp³-hybridized carbons (Fsp3) is 0. The van der Waals surface area contributed by atoms with Crippen molar-refractivity contribution in [3.05, 3.63) is 31.4 Å². The average Bonchev–Trinajstić information content (AvgIpc) is 2.54. The molecular weight excluding hydrogens is 154 g/mol. The molecule has 0 bridgehead atoms. The first-order valence-corrected chi connectivity index (χ1v) is 3.38. The van der Waals surface area contributed by atoms with Gasteiger partial charge in [-0.1, -0.05) is 6.07 Å². The first kappa shape index (κ1) is 6.90. The summed E-state index contributed by atoms with van der Waals surface area (Å²) in [4.78, 5) is 5.21. The van der Waals surface area contributed by atoms with Gasteiger partial charge in [-0.2, -0.15) is 4.80 Å². The van der Waals surface area contributed by atoms with Gasteiger partial charge in [0.15, 0.2) is 0 Å². The van der Waals surface area contributed by atoms with Gasteiger partial charge < -0.3 is 0 Å². The van der Waals surface area contributed by atoms with Crippen molar-refractivity contribution in [2.45, 2.75) is 0 Å². The Balaban J connectivity index is 2.45. The van der Waals surface area contributed by atoms with Gasteiger partial charge in [0.1, 0.15) is 5.69 Å². The molecule has 0 atom stereocenters. The summed E-state index contributed by atoms with van der Waals surface area (Å²) in [7, 11) is 3.47. The Bertz CT molecular complexity index is 366. The molecule has 0 aliphatic carbocycles. The van der Waals surface area contributed by atoms with Crippen LogP contribution in [-0.4, -0.2) is 25.2 Å². The van der Waals surface area contributed by atoms with Crippen molar-refractivity contribution < 1.29 is 0 Å². The number of hydrogen-bond acceptors (Lipinski definition) is 4. The largest absolute Gasteiger partial charge is 0.253 e. The molecule has 0 spiro atoms. The monoisotopic (exact) mass is 160 g/mol. The molecule has 2 aromatic heterocycles. The van der Waals surface area contributed by atoms with Crippen LogP contribution in [0.5, 0.6) is 0 Å². The summed E-state index contributed by atoms with van der Waals surface area (Å²) in [5.74, 6) is 0.491. The lowest BCUT2D eigenvalue weighted by Crippen LogP contribution is -1.89. The van der Waals surface area contributed by atoms with E-state index in [1.54, 1.807) is 6.20 Å². The van der Waals surface area contributed by atoms with Crippen LogP contribution >= 0.6 is 0 Å². The summed E-state index contributed by atoms with van der Waals surface area (Å²) in [5, 5.41) is 11.3. The molecule has 12 heavy (non-hydrogen) atoms. The highest BCUT2D eigenvalue weighted by molar-refractivity contribution is 5.46. The third-order valence-corrected chi connectivity index (χ3v) is 1.35. The third-order valence-electron chi connectivity index (χ3n) is 1.35. The predicted octanol–water partition coefficient (Wildman–Crippen LogP) is 0.375. The Morgan fingerprint density at radius 3 is 2.83 bits per heavy atom. The first-order valence-electron chi connectivity index (χ1n) is 3.38. The molecule has 0 fully saturated rings. The molecule has 2 rings (SSSR count). The molecule has 0 amide bonds. The van der Waals surface area contributed by atoms with E-state index in [0.717, 1.165) is 4.80 Å². The summed E-state index contributed by atoms with van der Waals surface area (Å²) in [6.45, 7) is 0. The van der Waals surface area contributed by atoms with Crippen LogP contribution in [0.25, 0.3) is 11.5 Å². The summed E-state index contributed by atoms with van der Waals surface area (Å²) < 4.78 is 0. The smallest absolute Gasteiger partial charge is 0.223 e. The Morgan fingerprint density at radius 1 is 1.33 bits per heavy atom. The Morgan fingerprint density at radius 2 is 2.25 bits per heavy atom. The molecule has 0 aliphatic rings. The highest BCUT2D eigenvalue weighted by Crippen LogP contribution is 2.07. The number of tetrazole rings is 1. The lowest BCUT2D eigenvalue weighted by Gasteiger charge is -1.89. The van der Waals surface area contributed by atoms with E-state index in [0.29, 0.717) is 11.5 Å². The van der Waals surface area contributed by atoms with E-state index in [1.165, 1.54) is 0 Å². The first-order chi connectivity index (χ1) is 5.86. The van der Waals surface area contributed by atoms with E-state index >= 15 is 0 Å². The van der Waals surface area contributed by atoms with Gasteiger partial charge in [-0.15, -0.1) is 10.2 Å². The molecule has 2 aromatic rings. The van der Waals surface area contributed by atoms with E-state index in [9.17, 15) is 0 Å². The van der Waals surface area contributed by atoms with Crippen molar-refractivity contribution in [2.75, 3.05) is 0 Å². The second-order valence-corrected chi connectivity index (χ2v) is 2.20. The van der Waals surface area contributed by atoms with E-state index in [2.05, 4.69) is 27.4 Å². The lowest BCUT2D eigenvalue weighted by molar-refractivity contribution is 0.714. The number of nitrogens with zero attached hydrogens (tertiary/aromatic N) is 5. The predicted molar refractivity (Wildman–Crippen MR) is 41.8 cm³/mol. The molecule has 0 saturated carbocycles. The number of pyridine rings is 1. The fourth-order valence-electron chi connectivity index (χ4n) is 0.841. The second kappa shape index (κ2) is 2.69. The molecule has 5 heteroatoms. The molecule has 0 unspecified atom stereocenters. The Hall–Kier alpha value is -1.78. The van der Waals surface area contributed by atoms with Crippen LogP contribution in [0.2, 0.25) is 0 Å². The van der Waals surface area contributed by atoms with Crippen molar-refractivity contribution in [1.82, 2.24) is 25.2 Å². The van der Waals surface area contributed by atoms with E-state index in [4.69, 9.17) is 0 Å². The standard InChI is InChI=1S/C7H6N5/c1-12-10-7(9-11-12)6-4-2-3-5-8-6/h2-5H,1H2. The van der Waals surface area contributed by atoms with Crippen molar-refractivity contribution in [2.24, 2.45) is 0 Å². The van der Waals surface area contributed by atoms with Crippen LogP contribution < -0.4 is 0 Å². The number of aromatic nitrogens is 5. The zero-order valence-electron chi connectivity index (χ0n) is 6.25. The highest BCUT2D eigenvalue weighted by Gasteiger charge is 2.02. The van der Waals surface area contributed by atoms with Crippen LogP contribution in [0.4, 0.5) is 0 Å². The van der Waals surface area contributed by atoms with Crippen molar-refractivity contribution in [1.29, 1.82) is 0 Å². The lowest BCUT2D eigenvalue weighted by atomic mass is 10.3. The third kappa shape index (κ3) is 1.16. The summed E-state index contributed by atoms with van der Waals surface area (Å²) in [6, 6.07) is 5.52. The minimum atomic E-state index is 0.491. The van der Waals surface area contributed by atoms with Crippen molar-refractivity contribution in [3.8, 4) is 11.5 Å². The van der Waals surface area contributed by atoms with E-state index in [1.807, 2.05) is 18.2 Å². The Labute approximate surface area is 69.1 Å². The van der Waals surface area contributed by atoms with Gasteiger partial charge in [0, 0.05) is 6.20 Å². The van der Waals surface area contributed by atoms with Crippen LogP contribution in [0, 0.1) is 7.05 Å². The molecule has 2 heterocycles. The van der Waals surface area contributed by atoms with Gasteiger partial charge in [-0.05, 0) is 17.3 Å². The van der Waals surface area contributed by atoms with Crippen molar-refractivity contribution in [3.63, 3.8) is 0 Å². The van der Waals surface area contributed by atoms with Gasteiger partial charge in [0.25, 0.3) is 0 Å². The molecule has 0 saturated heterocycles. The summed E-state index contributed by atoms with van der Waals surface area (Å²) >= 11 is 0. The highest BCUT2D eigenvalue weighted by atomic mass is 15.6. The van der Waals surface area contributed by atoms with E-state index < -0.39 is 0 Å². The zero-order valence-corrected chi connectivity index (χ0v) is 6.25. The summed E-state index contributed by atoms with van der Waals surface area (Å²) in [6.07, 6.45) is 1.68. The van der Waals surface area contributed by atoms with E-state index in [-0.39, 0.29) is 0 Å². The quantitative estimate of drug-likeness (QED) is 0.605. The van der Waals surface area contributed by atoms with Crippen LogP contribution in [0.15, 0.2) is 24.4 Å². The van der Waals surface area contributed by atoms with Gasteiger partial charge in [-0.3, -0.25) is 4.98 Å². The summed E-state index contributed by atoms with van der Waals surface area (Å²) in [5.41, 5.74) is 0.701. The number of rotatable bonds is 1. The zero-order chi connectivity index (χ0) is 8.39. The molecule has 0 aliphatic heterocycles. The SMILES string of the molecule is [CH2]n1nnc(-c2ccccn2)n1. The molecule has 0 N–H and O–H groups in total. The maximum absolute atomic E-state index is 4.06. The number of hydrogen-bond donors (Lipinski definition) is 0. The molecule has 59 valence electrons. The topological polar surface area (TPSA) is 56.5 Å².